The number of esters is 1. The summed E-state index contributed by atoms with van der Waals surface area (Å²) in [6, 6.07) is 2.56. The number of rotatable bonds is 3. The smallest absolute Gasteiger partial charge is 0.311 e. The molecule has 0 atom stereocenters. The van der Waals surface area contributed by atoms with Crippen molar-refractivity contribution in [2.24, 2.45) is 0 Å². The number of hydrogen-bond donors (Lipinski definition) is 0. The highest BCUT2D eigenvalue weighted by Gasteiger charge is 2.14. The molecule has 0 aliphatic heterocycles. The second kappa shape index (κ2) is 4.70. The first-order chi connectivity index (χ1) is 7.04. The van der Waals surface area contributed by atoms with Crippen molar-refractivity contribution in [3.8, 4) is 0 Å². The van der Waals surface area contributed by atoms with E-state index in [-0.39, 0.29) is 17.3 Å². The van der Waals surface area contributed by atoms with Gasteiger partial charge in [-0.05, 0) is 6.07 Å². The quantitative estimate of drug-likeness (QED) is 0.339. The number of hydrogen-bond acceptors (Lipinski definition) is 5. The van der Waals surface area contributed by atoms with Crippen molar-refractivity contribution < 1.29 is 14.5 Å². The topological polar surface area (TPSA) is 82.3 Å². The Labute approximate surface area is 90.0 Å². The van der Waals surface area contributed by atoms with Crippen LogP contribution in [0.25, 0.3) is 0 Å². The first kappa shape index (κ1) is 11.4. The molecule has 1 heterocycles. The Hall–Kier alpha value is -1.69. The average molecular weight is 231 g/mol. The minimum atomic E-state index is -0.642. The highest BCUT2D eigenvalue weighted by Crippen LogP contribution is 2.21. The van der Waals surface area contributed by atoms with E-state index in [1.807, 2.05) is 0 Å². The normalized spacial score (nSPS) is 9.73. The van der Waals surface area contributed by atoms with Crippen molar-refractivity contribution in [1.82, 2.24) is 4.98 Å². The van der Waals surface area contributed by atoms with Gasteiger partial charge in [0.05, 0.1) is 24.1 Å². The van der Waals surface area contributed by atoms with Crippen molar-refractivity contribution in [2.75, 3.05) is 7.11 Å². The molecule has 0 amide bonds. The fourth-order valence-electron chi connectivity index (χ4n) is 0.919. The summed E-state index contributed by atoms with van der Waals surface area (Å²) < 4.78 is 4.42. The van der Waals surface area contributed by atoms with Gasteiger partial charge in [0.15, 0.2) is 0 Å². The van der Waals surface area contributed by atoms with E-state index in [1.165, 1.54) is 19.2 Å². The van der Waals surface area contributed by atoms with E-state index in [0.29, 0.717) is 5.69 Å². The van der Waals surface area contributed by atoms with Gasteiger partial charge in [0.25, 0.3) is 0 Å². The lowest BCUT2D eigenvalue weighted by Crippen LogP contribution is -2.06. The molecule has 7 heteroatoms. The summed E-state index contributed by atoms with van der Waals surface area (Å²) in [5, 5.41) is 10.2. The van der Waals surface area contributed by atoms with Crippen LogP contribution in [0.15, 0.2) is 12.1 Å². The van der Waals surface area contributed by atoms with Crippen molar-refractivity contribution in [3.63, 3.8) is 0 Å². The Morgan fingerprint density at radius 2 is 2.33 bits per heavy atom. The van der Waals surface area contributed by atoms with E-state index in [1.54, 1.807) is 0 Å². The van der Waals surface area contributed by atoms with Crippen molar-refractivity contribution in [3.05, 3.63) is 33.1 Å². The SMILES string of the molecule is COC(=O)Cc1ccc([N+](=O)[O-])c(Cl)n1. The molecule has 0 radical (unpaired) electrons. The maximum atomic E-state index is 10.9. The molecule has 0 aromatic carbocycles. The largest absolute Gasteiger partial charge is 0.469 e. The van der Waals surface area contributed by atoms with Gasteiger partial charge in [0, 0.05) is 6.07 Å². The van der Waals surface area contributed by atoms with Crippen molar-refractivity contribution >= 4 is 23.3 Å². The molecule has 1 aromatic rings. The standard InChI is InChI=1S/C8H7ClN2O4/c1-15-7(12)4-5-2-3-6(11(13)14)8(9)10-5/h2-3H,4H2,1H3. The molecule has 0 unspecified atom stereocenters. The van der Waals surface area contributed by atoms with E-state index in [4.69, 9.17) is 11.6 Å². The van der Waals surface area contributed by atoms with E-state index in [2.05, 4.69) is 9.72 Å². The molecule has 0 saturated carbocycles. The molecule has 0 saturated heterocycles. The Morgan fingerprint density at radius 3 is 2.80 bits per heavy atom. The van der Waals surface area contributed by atoms with Crippen LogP contribution in [-0.4, -0.2) is 23.0 Å². The number of carbonyl (C=O) groups is 1. The summed E-state index contributed by atoms with van der Waals surface area (Å²) in [4.78, 5) is 24.3. The molecule has 15 heavy (non-hydrogen) atoms. The first-order valence-electron chi connectivity index (χ1n) is 3.91. The highest BCUT2D eigenvalue weighted by molar-refractivity contribution is 6.31. The van der Waals surface area contributed by atoms with E-state index >= 15 is 0 Å². The minimum absolute atomic E-state index is 0.0613. The summed E-state index contributed by atoms with van der Waals surface area (Å²) in [5.74, 6) is -0.479. The third-order valence-electron chi connectivity index (χ3n) is 1.64. The van der Waals surface area contributed by atoms with E-state index < -0.39 is 10.9 Å². The van der Waals surface area contributed by atoms with Crippen LogP contribution >= 0.6 is 11.6 Å². The molecule has 0 aliphatic rings. The lowest BCUT2D eigenvalue weighted by Gasteiger charge is -2.00. The summed E-state index contributed by atoms with van der Waals surface area (Å²) in [7, 11) is 1.25. The number of aromatic nitrogens is 1. The number of halogens is 1. The van der Waals surface area contributed by atoms with Gasteiger partial charge < -0.3 is 4.74 Å². The maximum Gasteiger partial charge on any atom is 0.311 e. The van der Waals surface area contributed by atoms with Crippen LogP contribution in [0, 0.1) is 10.1 Å². The summed E-state index contributed by atoms with van der Waals surface area (Å²) >= 11 is 5.55. The van der Waals surface area contributed by atoms with Crippen molar-refractivity contribution in [1.29, 1.82) is 0 Å². The average Bonchev–Trinajstić information content (AvgIpc) is 2.17. The minimum Gasteiger partial charge on any atom is -0.469 e. The van der Waals surface area contributed by atoms with Gasteiger partial charge in [-0.15, -0.1) is 0 Å². The van der Waals surface area contributed by atoms with Gasteiger partial charge in [-0.1, -0.05) is 11.6 Å². The van der Waals surface area contributed by atoms with Crippen molar-refractivity contribution in [2.45, 2.75) is 6.42 Å². The van der Waals surface area contributed by atoms with Crippen LogP contribution < -0.4 is 0 Å². The Balaban J connectivity index is 2.91. The van der Waals surface area contributed by atoms with Gasteiger partial charge >= 0.3 is 11.7 Å². The predicted molar refractivity (Wildman–Crippen MR) is 51.6 cm³/mol. The molecule has 1 aromatic heterocycles. The Kier molecular flexibility index (Phi) is 3.56. The molecule has 0 fully saturated rings. The number of ether oxygens (including phenoxy) is 1. The molecule has 1 rings (SSSR count). The van der Waals surface area contributed by atoms with Gasteiger partial charge in [-0.2, -0.15) is 0 Å². The monoisotopic (exact) mass is 230 g/mol. The summed E-state index contributed by atoms with van der Waals surface area (Å²) in [6.45, 7) is 0. The molecule has 6 nitrogen and oxygen atoms in total. The summed E-state index contributed by atoms with van der Waals surface area (Å²) in [5.41, 5.74) is 0.0442. The molecular weight excluding hydrogens is 224 g/mol. The second-order valence-electron chi connectivity index (χ2n) is 2.62. The summed E-state index contributed by atoms with van der Waals surface area (Å²) in [6.07, 6.45) is -0.0613. The van der Waals surface area contributed by atoms with Crippen LogP contribution in [0.2, 0.25) is 5.15 Å². The fourth-order valence-corrected chi connectivity index (χ4v) is 1.16. The zero-order chi connectivity index (χ0) is 11.4. The van der Waals surface area contributed by atoms with Gasteiger partial charge in [-0.25, -0.2) is 4.98 Å². The van der Waals surface area contributed by atoms with E-state index in [9.17, 15) is 14.9 Å². The molecule has 80 valence electrons. The fraction of sp³-hybridized carbons (Fsp3) is 0.250. The lowest BCUT2D eigenvalue weighted by molar-refractivity contribution is -0.385. The highest BCUT2D eigenvalue weighted by atomic mass is 35.5. The Morgan fingerprint density at radius 1 is 1.67 bits per heavy atom. The van der Waals surface area contributed by atoms with Crippen LogP contribution in [0.5, 0.6) is 0 Å². The molecule has 0 aliphatic carbocycles. The van der Waals surface area contributed by atoms with Crippen LogP contribution in [0.4, 0.5) is 5.69 Å². The van der Waals surface area contributed by atoms with Crippen LogP contribution in [-0.2, 0) is 16.0 Å². The van der Waals surface area contributed by atoms with Gasteiger partial charge in [-0.3, -0.25) is 14.9 Å². The molecule has 0 N–H and O–H groups in total. The van der Waals surface area contributed by atoms with Gasteiger partial charge in [0.1, 0.15) is 0 Å². The zero-order valence-corrected chi connectivity index (χ0v) is 8.52. The van der Waals surface area contributed by atoms with E-state index in [0.717, 1.165) is 0 Å². The number of pyridine rings is 1. The maximum absolute atomic E-state index is 10.9. The lowest BCUT2D eigenvalue weighted by atomic mass is 10.2. The molecule has 0 bridgehead atoms. The number of carbonyl (C=O) groups excluding carboxylic acids is 1. The second-order valence-corrected chi connectivity index (χ2v) is 2.98. The number of nitrogens with zero attached hydrogens (tertiary/aromatic N) is 2. The molecular formula is C8H7ClN2O4. The Bertz CT molecular complexity index is 408. The molecule has 0 spiro atoms. The third-order valence-corrected chi connectivity index (χ3v) is 1.91. The first-order valence-corrected chi connectivity index (χ1v) is 4.29. The number of methoxy groups -OCH3 is 1. The zero-order valence-electron chi connectivity index (χ0n) is 7.77. The number of nitro groups is 1. The predicted octanol–water partition coefficient (Wildman–Crippen LogP) is 1.36. The van der Waals surface area contributed by atoms with Gasteiger partial charge in [0.2, 0.25) is 5.15 Å². The van der Waals surface area contributed by atoms with Crippen LogP contribution in [0.1, 0.15) is 5.69 Å². The van der Waals surface area contributed by atoms with Crippen LogP contribution in [0.3, 0.4) is 0 Å². The third kappa shape index (κ3) is 2.88.